The Kier molecular flexibility index (Phi) is 1.67. The second-order valence-corrected chi connectivity index (χ2v) is 2.65. The second-order valence-electron chi connectivity index (χ2n) is 2.65. The SMILES string of the molecule is Cc1ccnn1-c1c[c]ccc1. The molecule has 0 saturated carbocycles. The summed E-state index contributed by atoms with van der Waals surface area (Å²) < 4.78 is 1.89. The molecule has 1 aromatic carbocycles. The molecule has 0 aliphatic heterocycles. The van der Waals surface area contributed by atoms with Gasteiger partial charge in [-0.1, -0.05) is 12.1 Å². The molecule has 0 unspecified atom stereocenters. The fourth-order valence-corrected chi connectivity index (χ4v) is 1.16. The molecule has 0 saturated heterocycles. The maximum atomic E-state index is 4.18. The molecular weight excluding hydrogens is 148 g/mol. The van der Waals surface area contributed by atoms with Crippen molar-refractivity contribution in [3.63, 3.8) is 0 Å². The van der Waals surface area contributed by atoms with Gasteiger partial charge in [-0.2, -0.15) is 5.10 Å². The van der Waals surface area contributed by atoms with E-state index in [0.717, 1.165) is 11.4 Å². The highest BCUT2D eigenvalue weighted by atomic mass is 15.3. The van der Waals surface area contributed by atoms with Crippen molar-refractivity contribution in [2.75, 3.05) is 0 Å². The number of rotatable bonds is 1. The highest BCUT2D eigenvalue weighted by Crippen LogP contribution is 2.07. The van der Waals surface area contributed by atoms with Crippen molar-refractivity contribution in [3.05, 3.63) is 48.3 Å². The Morgan fingerprint density at radius 3 is 2.92 bits per heavy atom. The van der Waals surface area contributed by atoms with Crippen LogP contribution in [0.15, 0.2) is 36.5 Å². The van der Waals surface area contributed by atoms with Crippen molar-refractivity contribution >= 4 is 0 Å². The lowest BCUT2D eigenvalue weighted by molar-refractivity contribution is 0.847. The molecule has 1 aromatic heterocycles. The minimum absolute atomic E-state index is 1.06. The van der Waals surface area contributed by atoms with Crippen LogP contribution in [0.1, 0.15) is 5.69 Å². The van der Waals surface area contributed by atoms with Crippen LogP contribution < -0.4 is 0 Å². The topological polar surface area (TPSA) is 17.8 Å². The number of hydrogen-bond acceptors (Lipinski definition) is 1. The van der Waals surface area contributed by atoms with E-state index in [0.29, 0.717) is 0 Å². The average molecular weight is 157 g/mol. The van der Waals surface area contributed by atoms with Gasteiger partial charge in [0.15, 0.2) is 0 Å². The van der Waals surface area contributed by atoms with Gasteiger partial charge >= 0.3 is 0 Å². The summed E-state index contributed by atoms with van der Waals surface area (Å²) >= 11 is 0. The maximum Gasteiger partial charge on any atom is 0.0654 e. The van der Waals surface area contributed by atoms with Gasteiger partial charge in [0, 0.05) is 11.9 Å². The number of benzene rings is 1. The zero-order valence-electron chi connectivity index (χ0n) is 6.86. The quantitative estimate of drug-likeness (QED) is 0.619. The molecule has 59 valence electrons. The molecule has 0 atom stereocenters. The first kappa shape index (κ1) is 7.10. The van der Waals surface area contributed by atoms with Crippen LogP contribution in [0, 0.1) is 13.0 Å². The molecule has 1 radical (unpaired) electrons. The fourth-order valence-electron chi connectivity index (χ4n) is 1.16. The van der Waals surface area contributed by atoms with Crippen LogP contribution in [0.2, 0.25) is 0 Å². The summed E-state index contributed by atoms with van der Waals surface area (Å²) in [6, 6.07) is 12.8. The van der Waals surface area contributed by atoms with Crippen LogP contribution in [0.4, 0.5) is 0 Å². The van der Waals surface area contributed by atoms with E-state index in [4.69, 9.17) is 0 Å². The summed E-state index contributed by atoms with van der Waals surface area (Å²) in [6.45, 7) is 2.03. The lowest BCUT2D eigenvalue weighted by Gasteiger charge is -2.01. The minimum Gasteiger partial charge on any atom is -0.238 e. The Bertz CT molecular complexity index is 362. The zero-order valence-corrected chi connectivity index (χ0v) is 6.86. The molecule has 0 aliphatic rings. The lowest BCUT2D eigenvalue weighted by Crippen LogP contribution is -1.97. The predicted molar refractivity (Wildman–Crippen MR) is 47.1 cm³/mol. The molecule has 2 aromatic rings. The van der Waals surface area contributed by atoms with Gasteiger partial charge < -0.3 is 0 Å². The highest BCUT2D eigenvalue weighted by molar-refractivity contribution is 5.31. The normalized spacial score (nSPS) is 10.1. The Morgan fingerprint density at radius 2 is 2.33 bits per heavy atom. The summed E-state index contributed by atoms with van der Waals surface area (Å²) in [4.78, 5) is 0. The molecule has 0 bridgehead atoms. The molecule has 0 fully saturated rings. The number of aryl methyl sites for hydroxylation is 1. The summed E-state index contributed by atoms with van der Waals surface area (Å²) in [6.07, 6.45) is 1.79. The van der Waals surface area contributed by atoms with E-state index < -0.39 is 0 Å². The number of nitrogens with zero attached hydrogens (tertiary/aromatic N) is 2. The number of aromatic nitrogens is 2. The molecule has 0 aliphatic carbocycles. The van der Waals surface area contributed by atoms with Crippen LogP contribution in [-0.4, -0.2) is 9.78 Å². The lowest BCUT2D eigenvalue weighted by atomic mass is 10.3. The standard InChI is InChI=1S/C10H9N2/c1-9-7-8-11-12(9)10-5-3-2-4-6-10/h2-3,5-8H,1H3. The van der Waals surface area contributed by atoms with Crippen LogP contribution >= 0.6 is 0 Å². The molecule has 2 rings (SSSR count). The monoisotopic (exact) mass is 157 g/mol. The maximum absolute atomic E-state index is 4.18. The smallest absolute Gasteiger partial charge is 0.0654 e. The van der Waals surface area contributed by atoms with Crippen LogP contribution in [0.3, 0.4) is 0 Å². The van der Waals surface area contributed by atoms with Gasteiger partial charge in [0.05, 0.1) is 5.69 Å². The van der Waals surface area contributed by atoms with Crippen LogP contribution in [-0.2, 0) is 0 Å². The van der Waals surface area contributed by atoms with Crippen molar-refractivity contribution in [3.8, 4) is 5.69 Å². The third-order valence-corrected chi connectivity index (χ3v) is 1.77. The van der Waals surface area contributed by atoms with Crippen LogP contribution in [0.25, 0.3) is 5.69 Å². The van der Waals surface area contributed by atoms with Crippen molar-refractivity contribution in [1.29, 1.82) is 0 Å². The Balaban J connectivity index is 2.51. The van der Waals surface area contributed by atoms with Crippen molar-refractivity contribution in [2.45, 2.75) is 6.92 Å². The van der Waals surface area contributed by atoms with E-state index in [2.05, 4.69) is 11.2 Å². The van der Waals surface area contributed by atoms with E-state index in [1.54, 1.807) is 6.20 Å². The third kappa shape index (κ3) is 1.11. The largest absolute Gasteiger partial charge is 0.238 e. The molecule has 0 N–H and O–H groups in total. The average Bonchev–Trinajstić information content (AvgIpc) is 2.53. The van der Waals surface area contributed by atoms with Gasteiger partial charge in [-0.25, -0.2) is 4.68 Å². The Labute approximate surface area is 71.5 Å². The molecular formula is C10H9N2. The third-order valence-electron chi connectivity index (χ3n) is 1.77. The van der Waals surface area contributed by atoms with Gasteiger partial charge in [-0.05, 0) is 31.2 Å². The van der Waals surface area contributed by atoms with Crippen molar-refractivity contribution in [1.82, 2.24) is 9.78 Å². The molecule has 0 spiro atoms. The molecule has 12 heavy (non-hydrogen) atoms. The first-order valence-corrected chi connectivity index (χ1v) is 3.85. The summed E-state index contributed by atoms with van der Waals surface area (Å²) in [7, 11) is 0. The second kappa shape index (κ2) is 2.81. The van der Waals surface area contributed by atoms with Crippen molar-refractivity contribution in [2.24, 2.45) is 0 Å². The predicted octanol–water partition coefficient (Wildman–Crippen LogP) is 1.98. The molecule has 2 nitrogen and oxygen atoms in total. The Hall–Kier alpha value is -1.57. The minimum atomic E-state index is 1.06. The van der Waals surface area contributed by atoms with Gasteiger partial charge in [0.25, 0.3) is 0 Å². The van der Waals surface area contributed by atoms with Gasteiger partial charge in [-0.15, -0.1) is 0 Å². The zero-order chi connectivity index (χ0) is 8.39. The molecule has 0 amide bonds. The Morgan fingerprint density at radius 1 is 1.42 bits per heavy atom. The van der Waals surface area contributed by atoms with E-state index in [-0.39, 0.29) is 0 Å². The summed E-state index contributed by atoms with van der Waals surface area (Å²) in [5.74, 6) is 0. The summed E-state index contributed by atoms with van der Waals surface area (Å²) in [5, 5.41) is 4.18. The van der Waals surface area contributed by atoms with E-state index >= 15 is 0 Å². The molecule has 1 heterocycles. The summed E-state index contributed by atoms with van der Waals surface area (Å²) in [5.41, 5.74) is 2.19. The first-order chi connectivity index (χ1) is 5.88. The van der Waals surface area contributed by atoms with Gasteiger partial charge in [-0.3, -0.25) is 0 Å². The van der Waals surface area contributed by atoms with E-state index in [1.165, 1.54) is 0 Å². The fraction of sp³-hybridized carbons (Fsp3) is 0.100. The van der Waals surface area contributed by atoms with E-state index in [1.807, 2.05) is 41.9 Å². The van der Waals surface area contributed by atoms with Gasteiger partial charge in [0.2, 0.25) is 0 Å². The first-order valence-electron chi connectivity index (χ1n) is 3.85. The van der Waals surface area contributed by atoms with Crippen molar-refractivity contribution < 1.29 is 0 Å². The van der Waals surface area contributed by atoms with Crippen LogP contribution in [0.5, 0.6) is 0 Å². The van der Waals surface area contributed by atoms with E-state index in [9.17, 15) is 0 Å². The van der Waals surface area contributed by atoms with Gasteiger partial charge in [0.1, 0.15) is 0 Å². The highest BCUT2D eigenvalue weighted by Gasteiger charge is 1.97. The number of hydrogen-bond donors (Lipinski definition) is 0. The molecule has 2 heteroatoms.